The molecule has 0 radical (unpaired) electrons. The van der Waals surface area contributed by atoms with Crippen molar-refractivity contribution >= 4 is 34.5 Å². The van der Waals surface area contributed by atoms with Crippen molar-refractivity contribution in [1.82, 2.24) is 0 Å². The van der Waals surface area contributed by atoms with E-state index in [-0.39, 0.29) is 11.3 Å². The zero-order chi connectivity index (χ0) is 22.8. The van der Waals surface area contributed by atoms with Crippen LogP contribution < -0.4 is 14.4 Å². The third-order valence-corrected chi connectivity index (χ3v) is 6.11. The van der Waals surface area contributed by atoms with Gasteiger partial charge in [0.2, 0.25) is 0 Å². The van der Waals surface area contributed by atoms with Crippen molar-refractivity contribution in [3.05, 3.63) is 81.6 Å². The van der Waals surface area contributed by atoms with Crippen LogP contribution in [0.1, 0.15) is 22.0 Å². The Morgan fingerprint density at radius 1 is 1.06 bits per heavy atom. The molecule has 0 aliphatic carbocycles. The standard InChI is InChI=1S/C24H18N2O5S/c1-30-17-10-7-15(12-18(17)31-2)22(27)20-21(19-4-3-11-32-19)26(24(29)23(20)28)16-8-5-14(13-25)6-9-16/h3-12,21,27H,1-2H3/b22-20-. The molecule has 1 fully saturated rings. The summed E-state index contributed by atoms with van der Waals surface area (Å²) >= 11 is 1.37. The fraction of sp³-hybridized carbons (Fsp3) is 0.125. The van der Waals surface area contributed by atoms with Gasteiger partial charge < -0.3 is 14.6 Å². The number of thiophene rings is 1. The van der Waals surface area contributed by atoms with E-state index in [1.54, 1.807) is 48.5 Å². The monoisotopic (exact) mass is 446 g/mol. The molecule has 1 aliphatic rings. The van der Waals surface area contributed by atoms with Gasteiger partial charge in [0.15, 0.2) is 11.5 Å². The number of ether oxygens (including phenoxy) is 2. The van der Waals surface area contributed by atoms with Crippen LogP contribution in [0.2, 0.25) is 0 Å². The first-order chi connectivity index (χ1) is 15.5. The van der Waals surface area contributed by atoms with Crippen molar-refractivity contribution in [2.24, 2.45) is 0 Å². The molecule has 32 heavy (non-hydrogen) atoms. The highest BCUT2D eigenvalue weighted by Gasteiger charge is 2.47. The number of Topliss-reactive ketones (excluding diaryl/α,β-unsaturated/α-hetero) is 1. The molecule has 0 saturated carbocycles. The van der Waals surface area contributed by atoms with E-state index in [1.165, 1.54) is 30.5 Å². The Labute approximate surface area is 188 Å². The average molecular weight is 446 g/mol. The van der Waals surface area contributed by atoms with Gasteiger partial charge in [-0.15, -0.1) is 11.3 Å². The lowest BCUT2D eigenvalue weighted by Crippen LogP contribution is -2.29. The van der Waals surface area contributed by atoms with Crippen LogP contribution in [-0.4, -0.2) is 31.0 Å². The van der Waals surface area contributed by atoms with Crippen LogP contribution in [0.25, 0.3) is 5.76 Å². The van der Waals surface area contributed by atoms with Crippen molar-refractivity contribution in [2.75, 3.05) is 19.1 Å². The van der Waals surface area contributed by atoms with Crippen LogP contribution in [0.4, 0.5) is 5.69 Å². The number of anilines is 1. The van der Waals surface area contributed by atoms with E-state index in [4.69, 9.17) is 14.7 Å². The van der Waals surface area contributed by atoms with E-state index in [0.29, 0.717) is 28.3 Å². The quantitative estimate of drug-likeness (QED) is 0.357. The van der Waals surface area contributed by atoms with Gasteiger partial charge in [0.05, 0.1) is 31.4 Å². The summed E-state index contributed by atoms with van der Waals surface area (Å²) in [6, 6.07) is 16.0. The zero-order valence-electron chi connectivity index (χ0n) is 17.2. The number of nitrogens with zero attached hydrogens (tertiary/aromatic N) is 2. The number of amides is 1. The van der Waals surface area contributed by atoms with Crippen LogP contribution in [0.15, 0.2) is 65.6 Å². The molecule has 1 saturated heterocycles. The van der Waals surface area contributed by atoms with Gasteiger partial charge in [-0.2, -0.15) is 5.26 Å². The fourth-order valence-corrected chi connectivity index (χ4v) is 4.47. The van der Waals surface area contributed by atoms with E-state index in [9.17, 15) is 14.7 Å². The van der Waals surface area contributed by atoms with Gasteiger partial charge >= 0.3 is 0 Å². The molecule has 1 N–H and O–H groups in total. The molecule has 8 heteroatoms. The molecule has 1 amide bonds. The normalized spacial score (nSPS) is 17.3. The topological polar surface area (TPSA) is 99.9 Å². The van der Waals surface area contributed by atoms with Crippen LogP contribution >= 0.6 is 11.3 Å². The van der Waals surface area contributed by atoms with Crippen LogP contribution in [0.3, 0.4) is 0 Å². The third-order valence-electron chi connectivity index (χ3n) is 5.19. The average Bonchev–Trinajstić information content (AvgIpc) is 3.45. The Balaban J connectivity index is 1.89. The summed E-state index contributed by atoms with van der Waals surface area (Å²) in [5, 5.41) is 22.1. The predicted octanol–water partition coefficient (Wildman–Crippen LogP) is 4.26. The molecule has 1 aromatic heterocycles. The fourth-order valence-electron chi connectivity index (χ4n) is 3.65. The summed E-state index contributed by atoms with van der Waals surface area (Å²) in [6.45, 7) is 0. The summed E-state index contributed by atoms with van der Waals surface area (Å²) < 4.78 is 10.5. The summed E-state index contributed by atoms with van der Waals surface area (Å²) in [5.74, 6) is -1.00. The van der Waals surface area contributed by atoms with Crippen molar-refractivity contribution in [2.45, 2.75) is 6.04 Å². The van der Waals surface area contributed by atoms with Crippen molar-refractivity contribution in [1.29, 1.82) is 5.26 Å². The Morgan fingerprint density at radius 2 is 1.78 bits per heavy atom. The van der Waals surface area contributed by atoms with Crippen LogP contribution in [-0.2, 0) is 9.59 Å². The summed E-state index contributed by atoms with van der Waals surface area (Å²) in [5.41, 5.74) is 1.19. The Morgan fingerprint density at radius 3 is 2.38 bits per heavy atom. The molecule has 160 valence electrons. The number of nitriles is 1. The molecule has 0 spiro atoms. The molecule has 2 aromatic carbocycles. The molecular formula is C24H18N2O5S. The predicted molar refractivity (Wildman–Crippen MR) is 120 cm³/mol. The van der Waals surface area contributed by atoms with E-state index in [2.05, 4.69) is 0 Å². The largest absolute Gasteiger partial charge is 0.507 e. The van der Waals surface area contributed by atoms with E-state index in [1.807, 2.05) is 17.5 Å². The Bertz CT molecular complexity index is 1260. The second-order valence-corrected chi connectivity index (χ2v) is 7.89. The van der Waals surface area contributed by atoms with Crippen molar-refractivity contribution < 1.29 is 24.2 Å². The lowest BCUT2D eigenvalue weighted by Gasteiger charge is -2.24. The maximum Gasteiger partial charge on any atom is 0.300 e. The zero-order valence-corrected chi connectivity index (χ0v) is 18.1. The highest BCUT2D eigenvalue weighted by atomic mass is 32.1. The maximum absolute atomic E-state index is 13.1. The second-order valence-electron chi connectivity index (χ2n) is 6.91. The lowest BCUT2D eigenvalue weighted by atomic mass is 9.99. The molecule has 4 rings (SSSR count). The van der Waals surface area contributed by atoms with Crippen LogP contribution in [0, 0.1) is 11.3 Å². The molecule has 1 unspecified atom stereocenters. The molecule has 2 heterocycles. The van der Waals surface area contributed by atoms with Crippen molar-refractivity contribution in [3.8, 4) is 17.6 Å². The Kier molecular flexibility index (Phi) is 5.67. The number of methoxy groups -OCH3 is 2. The number of aliphatic hydroxyl groups is 1. The molecule has 7 nitrogen and oxygen atoms in total. The molecule has 0 bridgehead atoms. The second kappa shape index (κ2) is 8.57. The maximum atomic E-state index is 13.1. The van der Waals surface area contributed by atoms with Gasteiger partial charge in [0.25, 0.3) is 11.7 Å². The number of benzene rings is 2. The van der Waals surface area contributed by atoms with E-state index in [0.717, 1.165) is 4.88 Å². The lowest BCUT2D eigenvalue weighted by molar-refractivity contribution is -0.132. The van der Waals surface area contributed by atoms with Gasteiger partial charge in [-0.3, -0.25) is 14.5 Å². The minimum atomic E-state index is -0.809. The minimum absolute atomic E-state index is 0.0194. The van der Waals surface area contributed by atoms with E-state index < -0.39 is 17.7 Å². The molecular weight excluding hydrogens is 428 g/mol. The van der Waals surface area contributed by atoms with Gasteiger partial charge in [-0.25, -0.2) is 0 Å². The number of hydrogen-bond donors (Lipinski definition) is 1. The molecule has 1 aliphatic heterocycles. The first-order valence-corrected chi connectivity index (χ1v) is 10.4. The molecule has 3 aromatic rings. The molecule has 1 atom stereocenters. The number of rotatable bonds is 5. The van der Waals surface area contributed by atoms with Crippen molar-refractivity contribution in [3.63, 3.8) is 0 Å². The number of aliphatic hydroxyl groups excluding tert-OH is 1. The van der Waals surface area contributed by atoms with Gasteiger partial charge in [-0.05, 0) is 53.9 Å². The highest BCUT2D eigenvalue weighted by Crippen LogP contribution is 2.44. The van der Waals surface area contributed by atoms with Gasteiger partial charge in [0.1, 0.15) is 11.8 Å². The number of ketones is 1. The van der Waals surface area contributed by atoms with E-state index >= 15 is 0 Å². The van der Waals surface area contributed by atoms with Gasteiger partial charge in [-0.1, -0.05) is 6.07 Å². The summed E-state index contributed by atoms with van der Waals surface area (Å²) in [4.78, 5) is 28.2. The summed E-state index contributed by atoms with van der Waals surface area (Å²) in [6.07, 6.45) is 0. The third kappa shape index (κ3) is 3.49. The SMILES string of the molecule is COc1ccc(/C(O)=C2/C(=O)C(=O)N(c3ccc(C#N)cc3)C2c2cccs2)cc1OC. The number of hydrogen-bond acceptors (Lipinski definition) is 7. The Hall–Kier alpha value is -4.09. The van der Waals surface area contributed by atoms with Crippen LogP contribution in [0.5, 0.6) is 11.5 Å². The smallest absolute Gasteiger partial charge is 0.300 e. The van der Waals surface area contributed by atoms with Gasteiger partial charge in [0, 0.05) is 16.1 Å². The first-order valence-electron chi connectivity index (χ1n) is 9.57. The highest BCUT2D eigenvalue weighted by molar-refractivity contribution is 7.10. The first kappa shape index (κ1) is 21.2. The number of carbonyl (C=O) groups is 2. The number of carbonyl (C=O) groups excluding carboxylic acids is 2. The minimum Gasteiger partial charge on any atom is -0.507 e. The summed E-state index contributed by atoms with van der Waals surface area (Å²) in [7, 11) is 2.97.